The molecule has 3 aliphatic heterocycles. The highest BCUT2D eigenvalue weighted by Gasteiger charge is 2.39. The second-order valence-corrected chi connectivity index (χ2v) is 7.96. The van der Waals surface area contributed by atoms with E-state index in [0.717, 1.165) is 11.1 Å². The zero-order valence-electron chi connectivity index (χ0n) is 18.2. The molecule has 4 rings (SSSR count). The van der Waals surface area contributed by atoms with Crippen LogP contribution in [-0.4, -0.2) is 62.3 Å². The van der Waals surface area contributed by atoms with E-state index in [0.29, 0.717) is 19.6 Å². The first kappa shape index (κ1) is 22.7. The minimum atomic E-state index is -0.610. The van der Waals surface area contributed by atoms with E-state index < -0.39 is 30.4 Å². The van der Waals surface area contributed by atoms with E-state index in [-0.39, 0.29) is 24.9 Å². The predicted molar refractivity (Wildman–Crippen MR) is 112 cm³/mol. The number of carbonyl (C=O) groups excluding carboxylic acids is 2. The summed E-state index contributed by atoms with van der Waals surface area (Å²) in [5.41, 5.74) is 2.02. The number of ether oxygens (including phenoxy) is 6. The van der Waals surface area contributed by atoms with Gasteiger partial charge in [0, 0.05) is 25.8 Å². The molecule has 0 bridgehead atoms. The molecule has 0 N–H and O–H groups in total. The molecular weight excluding hydrogens is 416 g/mol. The van der Waals surface area contributed by atoms with Crippen LogP contribution in [0.25, 0.3) is 0 Å². The summed E-state index contributed by atoms with van der Waals surface area (Å²) in [6.45, 7) is 3.58. The molecular formula is C24H28O8. The largest absolute Gasteiger partial charge is 0.463 e. The SMILES string of the molecule is CC(=O)OC[C@H]1O[C@@H](CC2=CCO[C@@H]3COC(c4ccccc4)O[C@@H]23)C=C[C@@H]1OC(C)=O. The molecule has 1 fully saturated rings. The zero-order chi connectivity index (χ0) is 22.5. The van der Waals surface area contributed by atoms with Crippen LogP contribution in [0.3, 0.4) is 0 Å². The molecule has 172 valence electrons. The van der Waals surface area contributed by atoms with Crippen molar-refractivity contribution < 1.29 is 38.0 Å². The average Bonchev–Trinajstić information content (AvgIpc) is 2.79. The Hall–Kier alpha value is -2.52. The molecule has 32 heavy (non-hydrogen) atoms. The summed E-state index contributed by atoms with van der Waals surface area (Å²) in [7, 11) is 0. The Kier molecular flexibility index (Phi) is 7.36. The fourth-order valence-electron chi connectivity index (χ4n) is 4.06. The summed E-state index contributed by atoms with van der Waals surface area (Å²) in [6.07, 6.45) is 3.88. The van der Waals surface area contributed by atoms with E-state index in [9.17, 15) is 9.59 Å². The van der Waals surface area contributed by atoms with Crippen molar-refractivity contribution in [3.05, 3.63) is 59.7 Å². The van der Waals surface area contributed by atoms with Crippen LogP contribution < -0.4 is 0 Å². The van der Waals surface area contributed by atoms with Crippen molar-refractivity contribution >= 4 is 11.9 Å². The van der Waals surface area contributed by atoms with Crippen LogP contribution in [0.1, 0.15) is 32.1 Å². The van der Waals surface area contributed by atoms with Crippen molar-refractivity contribution in [3.8, 4) is 0 Å². The lowest BCUT2D eigenvalue weighted by molar-refractivity contribution is -0.259. The number of hydrogen-bond acceptors (Lipinski definition) is 8. The van der Waals surface area contributed by atoms with E-state index >= 15 is 0 Å². The lowest BCUT2D eigenvalue weighted by Gasteiger charge is -2.41. The summed E-state index contributed by atoms with van der Waals surface area (Å²) >= 11 is 0. The number of fused-ring (bicyclic) bond motifs is 1. The van der Waals surface area contributed by atoms with Gasteiger partial charge in [-0.1, -0.05) is 42.5 Å². The Balaban J connectivity index is 1.44. The van der Waals surface area contributed by atoms with Crippen LogP contribution in [0.15, 0.2) is 54.1 Å². The first-order chi connectivity index (χ1) is 15.5. The maximum Gasteiger partial charge on any atom is 0.303 e. The van der Waals surface area contributed by atoms with E-state index in [4.69, 9.17) is 28.4 Å². The molecule has 0 spiro atoms. The highest BCUT2D eigenvalue weighted by molar-refractivity contribution is 5.66. The van der Waals surface area contributed by atoms with Gasteiger partial charge in [0.1, 0.15) is 31.0 Å². The maximum atomic E-state index is 11.4. The summed E-state index contributed by atoms with van der Waals surface area (Å²) in [5, 5.41) is 0. The van der Waals surface area contributed by atoms with Crippen molar-refractivity contribution in [3.63, 3.8) is 0 Å². The molecule has 1 aromatic rings. The van der Waals surface area contributed by atoms with Gasteiger partial charge >= 0.3 is 11.9 Å². The number of hydrogen-bond donors (Lipinski definition) is 0. The standard InChI is InChI=1S/C24H28O8/c1-15(25)28-13-21-20(30-16(2)26)9-8-19(31-21)12-18-10-11-27-22-14-29-24(32-23(18)22)17-6-4-3-5-7-17/h3-10,19-24H,11-14H2,1-2H3/t19-,20+,21-,22-,23+,24?/m1/s1. The van der Waals surface area contributed by atoms with Gasteiger partial charge in [0.25, 0.3) is 0 Å². The Morgan fingerprint density at radius 1 is 1.03 bits per heavy atom. The van der Waals surface area contributed by atoms with Crippen molar-refractivity contribution in [2.24, 2.45) is 0 Å². The second-order valence-electron chi connectivity index (χ2n) is 7.96. The van der Waals surface area contributed by atoms with E-state index in [2.05, 4.69) is 0 Å². The van der Waals surface area contributed by atoms with E-state index in [1.165, 1.54) is 13.8 Å². The third kappa shape index (κ3) is 5.63. The maximum absolute atomic E-state index is 11.4. The lowest BCUT2D eigenvalue weighted by Crippen LogP contribution is -2.47. The molecule has 3 heterocycles. The summed E-state index contributed by atoms with van der Waals surface area (Å²) < 4.78 is 34.5. The van der Waals surface area contributed by atoms with Gasteiger partial charge in [-0.05, 0) is 11.6 Å². The Labute approximate surface area is 187 Å². The van der Waals surface area contributed by atoms with Gasteiger partial charge in [0.15, 0.2) is 6.29 Å². The smallest absolute Gasteiger partial charge is 0.303 e. The van der Waals surface area contributed by atoms with Crippen molar-refractivity contribution in [1.82, 2.24) is 0 Å². The van der Waals surface area contributed by atoms with Gasteiger partial charge in [-0.3, -0.25) is 9.59 Å². The molecule has 6 atom stereocenters. The Morgan fingerprint density at radius 2 is 1.84 bits per heavy atom. The summed E-state index contributed by atoms with van der Waals surface area (Å²) in [5.74, 6) is -0.842. The number of rotatable bonds is 6. The van der Waals surface area contributed by atoms with Gasteiger partial charge < -0.3 is 28.4 Å². The third-order valence-electron chi connectivity index (χ3n) is 5.53. The first-order valence-corrected chi connectivity index (χ1v) is 10.8. The number of benzene rings is 1. The van der Waals surface area contributed by atoms with Crippen LogP contribution in [-0.2, 0) is 38.0 Å². The zero-order valence-corrected chi connectivity index (χ0v) is 18.2. The molecule has 0 saturated carbocycles. The van der Waals surface area contributed by atoms with Crippen LogP contribution in [0.2, 0.25) is 0 Å². The molecule has 3 aliphatic rings. The van der Waals surface area contributed by atoms with Crippen LogP contribution in [0.5, 0.6) is 0 Å². The van der Waals surface area contributed by atoms with Crippen LogP contribution in [0, 0.1) is 0 Å². The van der Waals surface area contributed by atoms with Gasteiger partial charge in [-0.25, -0.2) is 0 Å². The van der Waals surface area contributed by atoms with Crippen molar-refractivity contribution in [1.29, 1.82) is 0 Å². The van der Waals surface area contributed by atoms with Gasteiger partial charge in [-0.2, -0.15) is 0 Å². The van der Waals surface area contributed by atoms with Gasteiger partial charge in [0.05, 0.1) is 19.3 Å². The van der Waals surface area contributed by atoms with Crippen LogP contribution in [0.4, 0.5) is 0 Å². The molecule has 1 unspecified atom stereocenters. The van der Waals surface area contributed by atoms with Crippen molar-refractivity contribution in [2.45, 2.75) is 57.1 Å². The monoisotopic (exact) mass is 444 g/mol. The first-order valence-electron chi connectivity index (χ1n) is 10.8. The minimum absolute atomic E-state index is 0.00273. The predicted octanol–water partition coefficient (Wildman–Crippen LogP) is 2.63. The second kappa shape index (κ2) is 10.4. The molecule has 1 aromatic carbocycles. The molecule has 8 heteroatoms. The fraction of sp³-hybridized carbons (Fsp3) is 0.500. The average molecular weight is 444 g/mol. The molecule has 0 amide bonds. The van der Waals surface area contributed by atoms with E-state index in [1.807, 2.05) is 42.5 Å². The molecule has 1 saturated heterocycles. The Bertz CT molecular complexity index is 864. The van der Waals surface area contributed by atoms with Crippen molar-refractivity contribution in [2.75, 3.05) is 19.8 Å². The number of carbonyl (C=O) groups is 2. The molecule has 0 aliphatic carbocycles. The highest BCUT2D eigenvalue weighted by Crippen LogP contribution is 2.35. The van der Waals surface area contributed by atoms with Crippen LogP contribution >= 0.6 is 0 Å². The molecule has 0 radical (unpaired) electrons. The summed E-state index contributed by atoms with van der Waals surface area (Å²) in [6, 6.07) is 9.79. The highest BCUT2D eigenvalue weighted by atomic mass is 16.7. The van der Waals surface area contributed by atoms with E-state index in [1.54, 1.807) is 6.08 Å². The van der Waals surface area contributed by atoms with Gasteiger partial charge in [0.2, 0.25) is 0 Å². The Morgan fingerprint density at radius 3 is 2.59 bits per heavy atom. The summed E-state index contributed by atoms with van der Waals surface area (Å²) in [4.78, 5) is 22.7. The minimum Gasteiger partial charge on any atom is -0.463 e. The van der Waals surface area contributed by atoms with Gasteiger partial charge in [-0.15, -0.1) is 0 Å². The fourth-order valence-corrected chi connectivity index (χ4v) is 4.06. The topological polar surface area (TPSA) is 89.5 Å². The molecule has 8 nitrogen and oxygen atoms in total. The quantitative estimate of drug-likeness (QED) is 0.489. The lowest BCUT2D eigenvalue weighted by atomic mass is 9.94. The number of esters is 2. The third-order valence-corrected chi connectivity index (χ3v) is 5.53. The molecule has 0 aromatic heterocycles. The normalized spacial score (nSPS) is 31.9.